The molecule has 1 rings (SSSR count). The average Bonchev–Trinajstić information content (AvgIpc) is 2.27. The number of carboxylic acid groups (broad SMARTS) is 1. The molecular weight excluding hydrogens is 265 g/mol. The molecule has 0 saturated heterocycles. The molecule has 0 atom stereocenters. The fraction of sp³-hybridized carbons (Fsp3) is 0.273. The summed E-state index contributed by atoms with van der Waals surface area (Å²) in [6, 6.07) is 2.10. The molecule has 0 spiro atoms. The lowest BCUT2D eigenvalue weighted by molar-refractivity contribution is 0.0692. The minimum atomic E-state index is -2.68. The van der Waals surface area contributed by atoms with E-state index in [9.17, 15) is 22.8 Å². The molecule has 2 N–H and O–H groups in total. The zero-order valence-corrected chi connectivity index (χ0v) is 9.86. The molecule has 0 aliphatic carbocycles. The van der Waals surface area contributed by atoms with Crippen LogP contribution in [0.15, 0.2) is 18.2 Å². The first-order valence-electron chi connectivity index (χ1n) is 5.14. The number of nitrogens with one attached hydrogen (secondary N) is 1. The number of alkyl halides is 2. The number of nitrogens with zero attached hydrogens (tertiary/aromatic N) is 1. The summed E-state index contributed by atoms with van der Waals surface area (Å²) in [5, 5.41) is 10.8. The van der Waals surface area contributed by atoms with Gasteiger partial charge in [0.1, 0.15) is 5.82 Å². The number of anilines is 1. The second-order valence-corrected chi connectivity index (χ2v) is 3.70. The van der Waals surface area contributed by atoms with Crippen LogP contribution in [0.5, 0.6) is 0 Å². The molecule has 0 aliphatic rings. The number of carbonyl (C=O) groups is 2. The van der Waals surface area contributed by atoms with E-state index in [1.807, 2.05) is 0 Å². The molecular formula is C11H11F3N2O3. The van der Waals surface area contributed by atoms with E-state index in [2.05, 4.69) is 5.32 Å². The number of hydrogen-bond donors (Lipinski definition) is 2. The Kier molecular flexibility index (Phi) is 4.74. The second-order valence-electron chi connectivity index (χ2n) is 3.70. The van der Waals surface area contributed by atoms with E-state index < -0.39 is 36.4 Å². The van der Waals surface area contributed by atoms with Gasteiger partial charge in [-0.05, 0) is 18.2 Å². The average molecular weight is 276 g/mol. The summed E-state index contributed by atoms with van der Waals surface area (Å²) in [5.41, 5.74) is -0.562. The minimum absolute atomic E-state index is 0.0198. The van der Waals surface area contributed by atoms with Crippen molar-refractivity contribution in [1.29, 1.82) is 0 Å². The lowest BCUT2D eigenvalue weighted by atomic mass is 10.2. The molecule has 5 nitrogen and oxygen atoms in total. The van der Waals surface area contributed by atoms with Crippen molar-refractivity contribution in [2.45, 2.75) is 6.43 Å². The minimum Gasteiger partial charge on any atom is -0.478 e. The quantitative estimate of drug-likeness (QED) is 0.886. The summed E-state index contributed by atoms with van der Waals surface area (Å²) in [4.78, 5) is 22.7. The van der Waals surface area contributed by atoms with Crippen molar-refractivity contribution < 1.29 is 27.9 Å². The third kappa shape index (κ3) is 4.16. The van der Waals surface area contributed by atoms with Gasteiger partial charge >= 0.3 is 12.0 Å². The normalized spacial score (nSPS) is 10.4. The van der Waals surface area contributed by atoms with Crippen LogP contribution in [0.2, 0.25) is 0 Å². The standard InChI is InChI=1S/C11H11F3N2O3/c1-16(5-9(13)14)11(19)15-6-2-3-7(10(17)18)8(12)4-6/h2-4,9H,5H2,1H3,(H,15,19)(H,17,18). The highest BCUT2D eigenvalue weighted by molar-refractivity contribution is 5.91. The first-order valence-corrected chi connectivity index (χ1v) is 5.14. The Labute approximate surface area is 106 Å². The van der Waals surface area contributed by atoms with Gasteiger partial charge in [-0.2, -0.15) is 0 Å². The molecule has 0 unspecified atom stereocenters. The number of hydrogen-bond acceptors (Lipinski definition) is 2. The van der Waals surface area contributed by atoms with Crippen LogP contribution < -0.4 is 5.32 Å². The molecule has 1 aromatic rings. The van der Waals surface area contributed by atoms with E-state index in [0.29, 0.717) is 0 Å². The number of aromatic carboxylic acids is 1. The number of rotatable bonds is 4. The van der Waals surface area contributed by atoms with Gasteiger partial charge < -0.3 is 15.3 Å². The van der Waals surface area contributed by atoms with Crippen molar-refractivity contribution in [3.63, 3.8) is 0 Å². The van der Waals surface area contributed by atoms with Crippen LogP contribution in [0.25, 0.3) is 0 Å². The zero-order valence-electron chi connectivity index (χ0n) is 9.86. The smallest absolute Gasteiger partial charge is 0.338 e. The zero-order chi connectivity index (χ0) is 14.6. The highest BCUT2D eigenvalue weighted by Gasteiger charge is 2.15. The van der Waals surface area contributed by atoms with Crippen molar-refractivity contribution in [2.75, 3.05) is 18.9 Å². The first kappa shape index (κ1) is 14.8. The van der Waals surface area contributed by atoms with Gasteiger partial charge in [0.05, 0.1) is 12.1 Å². The van der Waals surface area contributed by atoms with Crippen LogP contribution in [0, 0.1) is 5.82 Å². The summed E-state index contributed by atoms with van der Waals surface area (Å²) in [6.07, 6.45) is -2.68. The first-order chi connectivity index (χ1) is 8.81. The second kappa shape index (κ2) is 6.07. The lowest BCUT2D eigenvalue weighted by Gasteiger charge is -2.17. The van der Waals surface area contributed by atoms with Crippen LogP contribution in [0.3, 0.4) is 0 Å². The predicted octanol–water partition coefficient (Wildman–Crippen LogP) is 2.25. The highest BCUT2D eigenvalue weighted by atomic mass is 19.3. The maximum absolute atomic E-state index is 13.3. The summed E-state index contributed by atoms with van der Waals surface area (Å²) in [7, 11) is 1.16. The maximum Gasteiger partial charge on any atom is 0.338 e. The van der Waals surface area contributed by atoms with Crippen LogP contribution in [-0.2, 0) is 0 Å². The molecule has 0 saturated carbocycles. The van der Waals surface area contributed by atoms with Crippen LogP contribution in [0.1, 0.15) is 10.4 Å². The monoisotopic (exact) mass is 276 g/mol. The van der Waals surface area contributed by atoms with Crippen LogP contribution in [0.4, 0.5) is 23.7 Å². The van der Waals surface area contributed by atoms with Crippen molar-refractivity contribution in [2.24, 2.45) is 0 Å². The predicted molar refractivity (Wildman–Crippen MR) is 61.0 cm³/mol. The summed E-state index contributed by atoms with van der Waals surface area (Å²) >= 11 is 0. The third-order valence-corrected chi connectivity index (χ3v) is 2.21. The van der Waals surface area contributed by atoms with Gasteiger partial charge in [0.2, 0.25) is 0 Å². The van der Waals surface area contributed by atoms with Crippen LogP contribution >= 0.6 is 0 Å². The largest absolute Gasteiger partial charge is 0.478 e. The Balaban J connectivity index is 2.75. The Morgan fingerprint density at radius 1 is 1.42 bits per heavy atom. The highest BCUT2D eigenvalue weighted by Crippen LogP contribution is 2.15. The molecule has 1 aromatic carbocycles. The number of carboxylic acids is 1. The molecule has 0 fully saturated rings. The van der Waals surface area contributed by atoms with E-state index in [0.717, 1.165) is 24.1 Å². The van der Waals surface area contributed by atoms with Crippen molar-refractivity contribution in [3.05, 3.63) is 29.6 Å². The SMILES string of the molecule is CN(CC(F)F)C(=O)Nc1ccc(C(=O)O)c(F)c1. The number of benzene rings is 1. The molecule has 104 valence electrons. The Morgan fingerprint density at radius 3 is 2.53 bits per heavy atom. The Bertz CT molecular complexity index is 494. The fourth-order valence-corrected chi connectivity index (χ4v) is 1.28. The number of halogens is 3. The lowest BCUT2D eigenvalue weighted by Crippen LogP contribution is -2.34. The van der Waals surface area contributed by atoms with E-state index in [-0.39, 0.29) is 5.69 Å². The van der Waals surface area contributed by atoms with Gasteiger partial charge in [0, 0.05) is 12.7 Å². The van der Waals surface area contributed by atoms with E-state index >= 15 is 0 Å². The number of carbonyl (C=O) groups excluding carboxylic acids is 1. The van der Waals surface area contributed by atoms with E-state index in [1.165, 1.54) is 6.07 Å². The van der Waals surface area contributed by atoms with Crippen molar-refractivity contribution in [3.8, 4) is 0 Å². The van der Waals surface area contributed by atoms with Crippen molar-refractivity contribution >= 4 is 17.7 Å². The van der Waals surface area contributed by atoms with E-state index in [1.54, 1.807) is 0 Å². The molecule has 0 heterocycles. The molecule has 0 radical (unpaired) electrons. The topological polar surface area (TPSA) is 69.6 Å². The summed E-state index contributed by atoms with van der Waals surface area (Å²) < 4.78 is 37.4. The van der Waals surface area contributed by atoms with Gasteiger partial charge in [0.15, 0.2) is 0 Å². The maximum atomic E-state index is 13.3. The van der Waals surface area contributed by atoms with Gasteiger partial charge in [-0.3, -0.25) is 0 Å². The number of urea groups is 1. The van der Waals surface area contributed by atoms with Crippen molar-refractivity contribution in [1.82, 2.24) is 4.90 Å². The Morgan fingerprint density at radius 2 is 2.05 bits per heavy atom. The fourth-order valence-electron chi connectivity index (χ4n) is 1.28. The molecule has 19 heavy (non-hydrogen) atoms. The van der Waals surface area contributed by atoms with Crippen LogP contribution in [-0.4, -0.2) is 42.0 Å². The Hall–Kier alpha value is -2.25. The molecule has 8 heteroatoms. The van der Waals surface area contributed by atoms with Gasteiger partial charge in [-0.15, -0.1) is 0 Å². The van der Waals surface area contributed by atoms with Gasteiger partial charge in [-0.1, -0.05) is 0 Å². The molecule has 0 aromatic heterocycles. The number of amides is 2. The molecule has 0 aliphatic heterocycles. The van der Waals surface area contributed by atoms with Gasteiger partial charge in [0.25, 0.3) is 6.43 Å². The van der Waals surface area contributed by atoms with Gasteiger partial charge in [-0.25, -0.2) is 22.8 Å². The molecule has 2 amide bonds. The third-order valence-electron chi connectivity index (χ3n) is 2.21. The van der Waals surface area contributed by atoms with E-state index in [4.69, 9.17) is 5.11 Å². The summed E-state index contributed by atoms with van der Waals surface area (Å²) in [6.45, 7) is -0.762. The molecule has 0 bridgehead atoms. The summed E-state index contributed by atoms with van der Waals surface area (Å²) in [5.74, 6) is -2.47.